The van der Waals surface area contributed by atoms with Crippen LogP contribution in [0.5, 0.6) is 0 Å². The molecular weight excluding hydrogens is 333 g/mol. The Bertz CT molecular complexity index is 435. The number of hydrogen-bond acceptors (Lipinski definition) is 4. The number of halogens is 1. The van der Waals surface area contributed by atoms with E-state index in [2.05, 4.69) is 27.9 Å². The summed E-state index contributed by atoms with van der Waals surface area (Å²) in [5.74, 6) is 0.588. The van der Waals surface area contributed by atoms with Crippen LogP contribution >= 0.6 is 22.6 Å². The number of hydrogen-bond donors (Lipinski definition) is 2. The first-order valence-corrected chi connectivity index (χ1v) is 6.59. The molecule has 1 atom stereocenters. The molecule has 0 spiro atoms. The van der Waals surface area contributed by atoms with Crippen molar-refractivity contribution in [2.75, 3.05) is 11.9 Å². The van der Waals surface area contributed by atoms with Crippen molar-refractivity contribution in [3.63, 3.8) is 0 Å². The highest BCUT2D eigenvalue weighted by molar-refractivity contribution is 14.1. The van der Waals surface area contributed by atoms with Gasteiger partial charge < -0.3 is 11.1 Å². The molecule has 1 aliphatic rings. The van der Waals surface area contributed by atoms with Gasteiger partial charge in [0, 0.05) is 22.2 Å². The topological polar surface area (TPSA) is 81.2 Å². The maximum Gasteiger partial charge on any atom is 0.293 e. The lowest BCUT2D eigenvalue weighted by atomic mass is 10.2. The highest BCUT2D eigenvalue weighted by atomic mass is 127. The van der Waals surface area contributed by atoms with Gasteiger partial charge in [-0.1, -0.05) is 0 Å². The number of rotatable bonds is 5. The summed E-state index contributed by atoms with van der Waals surface area (Å²) in [6.45, 7) is 0.589. The molecule has 1 aliphatic carbocycles. The summed E-state index contributed by atoms with van der Waals surface area (Å²) in [7, 11) is 0. The minimum absolute atomic E-state index is 0.0916. The number of nitro benzene ring substituents is 1. The molecule has 0 bridgehead atoms. The minimum Gasteiger partial charge on any atom is -0.378 e. The predicted octanol–water partition coefficient (Wildman–Crippen LogP) is 2.35. The van der Waals surface area contributed by atoms with E-state index in [9.17, 15) is 10.1 Å². The molecule has 6 heteroatoms. The predicted molar refractivity (Wildman–Crippen MR) is 75.0 cm³/mol. The zero-order valence-electron chi connectivity index (χ0n) is 9.23. The molecule has 2 rings (SSSR count). The van der Waals surface area contributed by atoms with E-state index in [0.29, 0.717) is 18.2 Å². The SMILES string of the molecule is NC(CNc1ccc(I)cc1[N+](=O)[O-])C1CC1. The van der Waals surface area contributed by atoms with Crippen LogP contribution in [0.4, 0.5) is 11.4 Å². The maximum absolute atomic E-state index is 10.9. The molecule has 0 heterocycles. The lowest BCUT2D eigenvalue weighted by Crippen LogP contribution is -2.31. The molecule has 0 aliphatic heterocycles. The van der Waals surface area contributed by atoms with Crippen molar-refractivity contribution in [2.45, 2.75) is 18.9 Å². The first-order chi connectivity index (χ1) is 8.08. The average Bonchev–Trinajstić information content (AvgIpc) is 3.10. The van der Waals surface area contributed by atoms with E-state index >= 15 is 0 Å². The Hall–Kier alpha value is -0.890. The average molecular weight is 347 g/mol. The van der Waals surface area contributed by atoms with E-state index in [0.717, 1.165) is 3.57 Å². The fraction of sp³-hybridized carbons (Fsp3) is 0.455. The van der Waals surface area contributed by atoms with Crippen molar-refractivity contribution < 1.29 is 4.92 Å². The molecule has 0 radical (unpaired) electrons. The van der Waals surface area contributed by atoms with Gasteiger partial charge in [0.05, 0.1) is 4.92 Å². The van der Waals surface area contributed by atoms with Crippen LogP contribution in [-0.2, 0) is 0 Å². The van der Waals surface area contributed by atoms with Crippen molar-refractivity contribution >= 4 is 34.0 Å². The molecule has 1 fully saturated rings. The summed E-state index contributed by atoms with van der Waals surface area (Å²) >= 11 is 2.06. The van der Waals surface area contributed by atoms with E-state index in [1.807, 2.05) is 6.07 Å². The van der Waals surface area contributed by atoms with Crippen LogP contribution in [0.3, 0.4) is 0 Å². The minimum atomic E-state index is -0.368. The van der Waals surface area contributed by atoms with Crippen LogP contribution in [0.25, 0.3) is 0 Å². The number of benzene rings is 1. The summed E-state index contributed by atoms with van der Waals surface area (Å²) in [4.78, 5) is 10.5. The van der Waals surface area contributed by atoms with Gasteiger partial charge in [-0.05, 0) is 53.5 Å². The van der Waals surface area contributed by atoms with Gasteiger partial charge in [0.1, 0.15) is 5.69 Å². The van der Waals surface area contributed by atoms with Crippen LogP contribution in [0.15, 0.2) is 18.2 Å². The van der Waals surface area contributed by atoms with E-state index in [4.69, 9.17) is 5.73 Å². The third kappa shape index (κ3) is 3.29. The Morgan fingerprint density at radius 1 is 1.59 bits per heavy atom. The summed E-state index contributed by atoms with van der Waals surface area (Å²) in [6.07, 6.45) is 2.36. The Balaban J connectivity index is 2.06. The lowest BCUT2D eigenvalue weighted by Gasteiger charge is -2.12. The second kappa shape index (κ2) is 5.18. The first kappa shape index (κ1) is 12.6. The number of anilines is 1. The van der Waals surface area contributed by atoms with Crippen molar-refractivity contribution in [1.82, 2.24) is 0 Å². The van der Waals surface area contributed by atoms with Crippen molar-refractivity contribution in [3.8, 4) is 0 Å². The maximum atomic E-state index is 10.9. The van der Waals surface area contributed by atoms with E-state index in [1.54, 1.807) is 12.1 Å². The molecule has 1 saturated carbocycles. The summed E-state index contributed by atoms with van der Waals surface area (Å²) < 4.78 is 0.853. The van der Waals surface area contributed by atoms with Crippen LogP contribution in [0, 0.1) is 19.6 Å². The molecule has 1 unspecified atom stereocenters. The van der Waals surface area contributed by atoms with Gasteiger partial charge >= 0.3 is 0 Å². The zero-order chi connectivity index (χ0) is 12.4. The van der Waals surface area contributed by atoms with Gasteiger partial charge in [-0.25, -0.2) is 0 Å². The molecule has 0 aromatic heterocycles. The normalized spacial score (nSPS) is 16.6. The first-order valence-electron chi connectivity index (χ1n) is 5.51. The fourth-order valence-corrected chi connectivity index (χ4v) is 2.20. The van der Waals surface area contributed by atoms with Crippen LogP contribution in [-0.4, -0.2) is 17.5 Å². The summed E-state index contributed by atoms with van der Waals surface area (Å²) in [5.41, 5.74) is 6.61. The largest absolute Gasteiger partial charge is 0.378 e. The molecule has 1 aromatic rings. The van der Waals surface area contributed by atoms with Gasteiger partial charge in [-0.15, -0.1) is 0 Å². The van der Waals surface area contributed by atoms with E-state index < -0.39 is 0 Å². The Kier molecular flexibility index (Phi) is 3.82. The lowest BCUT2D eigenvalue weighted by molar-refractivity contribution is -0.384. The second-order valence-electron chi connectivity index (χ2n) is 4.30. The molecule has 92 valence electrons. The van der Waals surface area contributed by atoms with E-state index in [1.165, 1.54) is 12.8 Å². The van der Waals surface area contributed by atoms with Crippen LogP contribution in [0.1, 0.15) is 12.8 Å². The highest BCUT2D eigenvalue weighted by Gasteiger charge is 2.28. The zero-order valence-corrected chi connectivity index (χ0v) is 11.4. The fourth-order valence-electron chi connectivity index (χ4n) is 1.72. The monoisotopic (exact) mass is 347 g/mol. The smallest absolute Gasteiger partial charge is 0.293 e. The van der Waals surface area contributed by atoms with Gasteiger partial charge in [-0.3, -0.25) is 10.1 Å². The molecule has 0 amide bonds. The van der Waals surface area contributed by atoms with Gasteiger partial charge in [0.15, 0.2) is 0 Å². The van der Waals surface area contributed by atoms with Gasteiger partial charge in [0.25, 0.3) is 5.69 Å². The molecule has 1 aromatic carbocycles. The summed E-state index contributed by atoms with van der Waals surface area (Å²) in [5, 5.41) is 14.0. The standard InChI is InChI=1S/C11H14IN3O2/c12-8-3-4-10(11(5-8)15(16)17)14-6-9(13)7-1-2-7/h3-5,7,9,14H,1-2,6,13H2. The van der Waals surface area contributed by atoms with Crippen molar-refractivity contribution in [1.29, 1.82) is 0 Å². The van der Waals surface area contributed by atoms with Gasteiger partial charge in [-0.2, -0.15) is 0 Å². The number of nitrogens with one attached hydrogen (secondary N) is 1. The third-order valence-corrected chi connectivity index (χ3v) is 3.58. The Labute approximate surface area is 113 Å². The van der Waals surface area contributed by atoms with Gasteiger partial charge in [0.2, 0.25) is 0 Å². The van der Waals surface area contributed by atoms with Crippen molar-refractivity contribution in [3.05, 3.63) is 31.9 Å². The molecule has 3 N–H and O–H groups in total. The van der Waals surface area contributed by atoms with Crippen molar-refractivity contribution in [2.24, 2.45) is 11.7 Å². The Morgan fingerprint density at radius 3 is 2.88 bits per heavy atom. The highest BCUT2D eigenvalue weighted by Crippen LogP contribution is 2.32. The molecule has 0 saturated heterocycles. The third-order valence-electron chi connectivity index (χ3n) is 2.91. The number of nitrogens with zero attached hydrogens (tertiary/aromatic N) is 1. The second-order valence-corrected chi connectivity index (χ2v) is 5.55. The molecule has 17 heavy (non-hydrogen) atoms. The van der Waals surface area contributed by atoms with Crippen LogP contribution < -0.4 is 11.1 Å². The van der Waals surface area contributed by atoms with E-state index in [-0.39, 0.29) is 16.7 Å². The molecule has 5 nitrogen and oxygen atoms in total. The Morgan fingerprint density at radius 2 is 2.29 bits per heavy atom. The quantitative estimate of drug-likeness (QED) is 0.487. The molecular formula is C11H14IN3O2. The number of nitro groups is 1. The summed E-state index contributed by atoms with van der Waals surface area (Å²) in [6, 6.07) is 5.23. The van der Waals surface area contributed by atoms with Crippen LogP contribution in [0.2, 0.25) is 0 Å². The number of nitrogens with two attached hydrogens (primary N) is 1.